The smallest absolute Gasteiger partial charge is 0.171 e. The molecule has 0 radical (unpaired) electrons. The van der Waals surface area contributed by atoms with Crippen LogP contribution in [0.5, 0.6) is 0 Å². The summed E-state index contributed by atoms with van der Waals surface area (Å²) in [5.74, 6) is 1.77. The predicted molar refractivity (Wildman–Crippen MR) is 123 cm³/mol. The molecule has 0 fully saturated rings. The fraction of sp³-hybridized carbons (Fsp3) is 0. The van der Waals surface area contributed by atoms with E-state index in [0.29, 0.717) is 0 Å². The van der Waals surface area contributed by atoms with E-state index in [1.54, 1.807) is 5.82 Å². The van der Waals surface area contributed by atoms with E-state index < -0.39 is 7.14 Å². The largest absolute Gasteiger partial charge is 0.309 e. The van der Waals surface area contributed by atoms with Gasteiger partial charge in [-0.25, -0.2) is 0 Å². The van der Waals surface area contributed by atoms with Gasteiger partial charge in [0, 0.05) is 22.0 Å². The van der Waals surface area contributed by atoms with Gasteiger partial charge in [-0.2, -0.15) is 0 Å². The van der Waals surface area contributed by atoms with Crippen molar-refractivity contribution in [3.05, 3.63) is 144 Å². The second-order valence-electron chi connectivity index (χ2n) is 6.71. The Balaban J connectivity index is 1.95. The van der Waals surface area contributed by atoms with Crippen molar-refractivity contribution in [2.24, 2.45) is 0 Å². The molecule has 0 aromatic heterocycles. The molecule has 0 saturated heterocycles. The Morgan fingerprint density at radius 3 is 1.28 bits per heavy atom. The Hall–Kier alpha value is -3.37. The van der Waals surface area contributed by atoms with Crippen molar-refractivity contribution in [3.8, 4) is 0 Å². The Bertz CT molecular complexity index is 1090. The Kier molecular flexibility index (Phi) is 5.73. The number of hydrogen-bond acceptors (Lipinski definition) is 1. The van der Waals surface area contributed by atoms with Gasteiger partial charge in [0.1, 0.15) is 0 Å². The molecule has 0 atom stereocenters. The molecule has 4 aromatic carbocycles. The molecule has 0 saturated carbocycles. The zero-order valence-electron chi connectivity index (χ0n) is 16.0. The van der Waals surface area contributed by atoms with Crippen LogP contribution in [0.25, 0.3) is 5.57 Å². The molecular weight excluding hydrogens is 371 g/mol. The van der Waals surface area contributed by atoms with Crippen molar-refractivity contribution >= 4 is 23.3 Å². The highest BCUT2D eigenvalue weighted by Gasteiger charge is 2.24. The van der Waals surface area contributed by atoms with E-state index >= 15 is 0 Å². The van der Waals surface area contributed by atoms with Gasteiger partial charge < -0.3 is 4.57 Å². The average Bonchev–Trinajstić information content (AvgIpc) is 2.81. The minimum absolute atomic E-state index is 0.805. The first-order valence-corrected chi connectivity index (χ1v) is 11.3. The van der Waals surface area contributed by atoms with Gasteiger partial charge in [-0.1, -0.05) is 121 Å². The van der Waals surface area contributed by atoms with Gasteiger partial charge in [-0.05, 0) is 11.1 Å². The van der Waals surface area contributed by atoms with E-state index in [-0.39, 0.29) is 0 Å². The first-order chi connectivity index (χ1) is 14.3. The highest BCUT2D eigenvalue weighted by molar-refractivity contribution is 7.81. The SMILES string of the molecule is O=P(C=C=C(c1ccccc1)c1ccccc1)(c1ccccc1)c1ccccc1. The minimum Gasteiger partial charge on any atom is -0.309 e. The van der Waals surface area contributed by atoms with Crippen LogP contribution in [0.15, 0.2) is 133 Å². The zero-order valence-corrected chi connectivity index (χ0v) is 16.9. The highest BCUT2D eigenvalue weighted by Crippen LogP contribution is 2.45. The maximum absolute atomic E-state index is 14.3. The van der Waals surface area contributed by atoms with Crippen molar-refractivity contribution < 1.29 is 4.57 Å². The lowest BCUT2D eigenvalue weighted by molar-refractivity contribution is 0.592. The van der Waals surface area contributed by atoms with Crippen LogP contribution in [0, 0.1) is 0 Å². The maximum Gasteiger partial charge on any atom is 0.171 e. The van der Waals surface area contributed by atoms with Crippen molar-refractivity contribution in [2.45, 2.75) is 0 Å². The van der Waals surface area contributed by atoms with E-state index in [4.69, 9.17) is 0 Å². The molecule has 140 valence electrons. The number of benzene rings is 4. The molecule has 2 heteroatoms. The second kappa shape index (κ2) is 8.76. The van der Waals surface area contributed by atoms with Crippen LogP contribution < -0.4 is 10.6 Å². The van der Waals surface area contributed by atoms with Gasteiger partial charge in [-0.3, -0.25) is 0 Å². The molecule has 4 aromatic rings. The van der Waals surface area contributed by atoms with Gasteiger partial charge in [0.15, 0.2) is 7.14 Å². The lowest BCUT2D eigenvalue weighted by Gasteiger charge is -2.14. The van der Waals surface area contributed by atoms with Crippen LogP contribution in [-0.4, -0.2) is 0 Å². The molecule has 0 heterocycles. The molecule has 0 bridgehead atoms. The van der Waals surface area contributed by atoms with E-state index in [1.807, 2.05) is 97.1 Å². The summed E-state index contributed by atoms with van der Waals surface area (Å²) in [6, 6.07) is 39.5. The lowest BCUT2D eigenvalue weighted by Crippen LogP contribution is -2.13. The molecule has 29 heavy (non-hydrogen) atoms. The van der Waals surface area contributed by atoms with Gasteiger partial charge >= 0.3 is 0 Å². The van der Waals surface area contributed by atoms with Gasteiger partial charge in [0.2, 0.25) is 0 Å². The van der Waals surface area contributed by atoms with Crippen LogP contribution in [0.1, 0.15) is 11.1 Å². The van der Waals surface area contributed by atoms with Crippen LogP contribution >= 0.6 is 7.14 Å². The zero-order chi connectivity index (χ0) is 19.9. The van der Waals surface area contributed by atoms with E-state index in [9.17, 15) is 4.57 Å². The fourth-order valence-corrected chi connectivity index (χ4v) is 5.43. The molecular formula is C27H21OP. The second-order valence-corrected chi connectivity index (χ2v) is 9.32. The Morgan fingerprint density at radius 1 is 0.552 bits per heavy atom. The third kappa shape index (κ3) is 4.23. The van der Waals surface area contributed by atoms with Gasteiger partial charge in [0.25, 0.3) is 0 Å². The lowest BCUT2D eigenvalue weighted by atomic mass is 9.99. The summed E-state index contributed by atoms with van der Waals surface area (Å²) in [6.45, 7) is 0. The summed E-state index contributed by atoms with van der Waals surface area (Å²) >= 11 is 0. The van der Waals surface area contributed by atoms with Crippen molar-refractivity contribution in [1.82, 2.24) is 0 Å². The molecule has 0 aliphatic heterocycles. The third-order valence-corrected chi connectivity index (χ3v) is 7.42. The molecule has 4 rings (SSSR count). The predicted octanol–water partition coefficient (Wildman–Crippen LogP) is 6.25. The molecule has 1 nitrogen and oxygen atoms in total. The molecule has 0 amide bonds. The summed E-state index contributed by atoms with van der Waals surface area (Å²) in [6.07, 6.45) is 0. The topological polar surface area (TPSA) is 17.1 Å². The number of rotatable bonds is 5. The fourth-order valence-electron chi connectivity index (χ4n) is 3.30. The van der Waals surface area contributed by atoms with Crippen molar-refractivity contribution in [3.63, 3.8) is 0 Å². The molecule has 0 spiro atoms. The quantitative estimate of drug-likeness (QED) is 0.290. The van der Waals surface area contributed by atoms with Crippen LogP contribution in [0.2, 0.25) is 0 Å². The van der Waals surface area contributed by atoms with Crippen molar-refractivity contribution in [1.29, 1.82) is 0 Å². The van der Waals surface area contributed by atoms with Gasteiger partial charge in [-0.15, -0.1) is 5.73 Å². The van der Waals surface area contributed by atoms with Gasteiger partial charge in [0.05, 0.1) is 0 Å². The van der Waals surface area contributed by atoms with E-state index in [2.05, 4.69) is 30.0 Å². The van der Waals surface area contributed by atoms with Crippen LogP contribution in [0.4, 0.5) is 0 Å². The normalized spacial score (nSPS) is 10.8. The number of hydrogen-bond donors (Lipinski definition) is 0. The van der Waals surface area contributed by atoms with Crippen LogP contribution in [-0.2, 0) is 4.57 Å². The summed E-state index contributed by atoms with van der Waals surface area (Å²) in [4.78, 5) is 0. The molecule has 0 aliphatic carbocycles. The molecule has 0 aliphatic rings. The highest BCUT2D eigenvalue weighted by atomic mass is 31.2. The van der Waals surface area contributed by atoms with Crippen LogP contribution in [0.3, 0.4) is 0 Å². The first-order valence-electron chi connectivity index (χ1n) is 9.57. The average molecular weight is 392 g/mol. The summed E-state index contributed by atoms with van der Waals surface area (Å²) in [7, 11) is -2.98. The maximum atomic E-state index is 14.3. The Labute approximate surface area is 172 Å². The van der Waals surface area contributed by atoms with E-state index in [1.165, 1.54) is 0 Å². The summed E-state index contributed by atoms with van der Waals surface area (Å²) in [5, 5.41) is 1.61. The summed E-state index contributed by atoms with van der Waals surface area (Å²) < 4.78 is 14.3. The summed E-state index contributed by atoms with van der Waals surface area (Å²) in [5.41, 5.74) is 6.44. The third-order valence-electron chi connectivity index (χ3n) is 4.80. The molecule has 0 N–H and O–H groups in total. The minimum atomic E-state index is -2.98. The first kappa shape index (κ1) is 19.0. The Morgan fingerprint density at radius 2 is 0.897 bits per heavy atom. The molecule has 0 unspecified atom stereocenters. The van der Waals surface area contributed by atoms with Crippen molar-refractivity contribution in [2.75, 3.05) is 0 Å². The van der Waals surface area contributed by atoms with E-state index in [0.717, 1.165) is 27.3 Å². The standard InChI is InChI=1S/C27H21OP/c28-29(25-17-9-3-10-18-25,26-19-11-4-12-20-26)22-21-27(23-13-5-1-6-14-23)24-15-7-2-8-16-24/h1-20,22H. The monoisotopic (exact) mass is 392 g/mol.